The minimum atomic E-state index is 0.148. The second-order valence-electron chi connectivity index (χ2n) is 6.55. The summed E-state index contributed by atoms with van der Waals surface area (Å²) in [6.45, 7) is 6.74. The van der Waals surface area contributed by atoms with Gasteiger partial charge in [-0.25, -0.2) is 0 Å². The summed E-state index contributed by atoms with van der Waals surface area (Å²) >= 11 is 0. The lowest BCUT2D eigenvalue weighted by atomic mass is 9.74. The number of hydrogen-bond donors (Lipinski definition) is 1. The van der Waals surface area contributed by atoms with E-state index < -0.39 is 0 Å². The molecule has 2 aromatic rings. The van der Waals surface area contributed by atoms with Crippen molar-refractivity contribution in [3.8, 4) is 5.69 Å². The molecule has 0 saturated heterocycles. The first-order valence-electron chi connectivity index (χ1n) is 6.83. The van der Waals surface area contributed by atoms with Gasteiger partial charge in [0.1, 0.15) is 0 Å². The molecule has 0 radical (unpaired) electrons. The van der Waals surface area contributed by atoms with E-state index in [1.807, 2.05) is 17.9 Å². The average molecular weight is 258 g/mol. The van der Waals surface area contributed by atoms with Crippen LogP contribution in [-0.4, -0.2) is 14.3 Å². The maximum Gasteiger partial charge on any atom is 0.0837 e. The van der Waals surface area contributed by atoms with Gasteiger partial charge in [0.25, 0.3) is 0 Å². The van der Waals surface area contributed by atoms with Crippen LogP contribution in [0.5, 0.6) is 0 Å². The Morgan fingerprint density at radius 3 is 2.79 bits per heavy atom. The standard InChI is InChI=1S/C15H22N4/c1-10-5-12-13(16)6-15(2,3)7-14(12)19(10)11-8-17-18(4)9-11/h5,8-9,13H,6-7,16H2,1-4H3. The molecule has 19 heavy (non-hydrogen) atoms. The number of nitrogens with zero attached hydrogens (tertiary/aromatic N) is 3. The van der Waals surface area contributed by atoms with Crippen LogP contribution < -0.4 is 5.73 Å². The van der Waals surface area contributed by atoms with Gasteiger partial charge in [0, 0.05) is 30.7 Å². The highest BCUT2D eigenvalue weighted by atomic mass is 15.3. The molecular weight excluding hydrogens is 236 g/mol. The van der Waals surface area contributed by atoms with Crippen molar-refractivity contribution in [3.05, 3.63) is 35.4 Å². The molecule has 2 heterocycles. The molecule has 0 aromatic carbocycles. The molecule has 1 unspecified atom stereocenters. The largest absolute Gasteiger partial charge is 0.324 e. The summed E-state index contributed by atoms with van der Waals surface area (Å²) in [7, 11) is 1.95. The van der Waals surface area contributed by atoms with Gasteiger partial charge in [-0.2, -0.15) is 5.10 Å². The van der Waals surface area contributed by atoms with Crippen LogP contribution in [0.4, 0.5) is 0 Å². The Morgan fingerprint density at radius 1 is 1.42 bits per heavy atom. The van der Waals surface area contributed by atoms with E-state index in [1.165, 1.54) is 17.0 Å². The van der Waals surface area contributed by atoms with Crippen molar-refractivity contribution in [1.82, 2.24) is 14.3 Å². The number of fused-ring (bicyclic) bond motifs is 1. The van der Waals surface area contributed by atoms with Crippen LogP contribution in [-0.2, 0) is 13.5 Å². The van der Waals surface area contributed by atoms with Crippen LogP contribution in [0.1, 0.15) is 43.3 Å². The van der Waals surface area contributed by atoms with Gasteiger partial charge in [0.2, 0.25) is 0 Å². The van der Waals surface area contributed by atoms with E-state index in [2.05, 4.69) is 42.7 Å². The van der Waals surface area contributed by atoms with Crippen LogP contribution in [0.2, 0.25) is 0 Å². The van der Waals surface area contributed by atoms with Crippen molar-refractivity contribution in [3.63, 3.8) is 0 Å². The molecule has 2 aromatic heterocycles. The monoisotopic (exact) mass is 258 g/mol. The maximum absolute atomic E-state index is 6.35. The summed E-state index contributed by atoms with van der Waals surface area (Å²) in [5.41, 5.74) is 11.6. The van der Waals surface area contributed by atoms with E-state index in [1.54, 1.807) is 0 Å². The lowest BCUT2D eigenvalue weighted by molar-refractivity contribution is 0.278. The van der Waals surface area contributed by atoms with Crippen molar-refractivity contribution >= 4 is 0 Å². The molecule has 1 aliphatic rings. The van der Waals surface area contributed by atoms with Gasteiger partial charge in [-0.3, -0.25) is 4.68 Å². The molecule has 0 amide bonds. The summed E-state index contributed by atoms with van der Waals surface area (Å²) in [5, 5.41) is 4.28. The Kier molecular flexibility index (Phi) is 2.61. The molecule has 0 aliphatic heterocycles. The lowest BCUT2D eigenvalue weighted by Gasteiger charge is -2.34. The molecular formula is C15H22N4. The first-order valence-corrected chi connectivity index (χ1v) is 6.83. The van der Waals surface area contributed by atoms with Crippen LogP contribution in [0, 0.1) is 12.3 Å². The predicted octanol–water partition coefficient (Wildman–Crippen LogP) is 2.49. The Labute approximate surface area is 114 Å². The molecule has 1 atom stereocenters. The molecule has 1 aliphatic carbocycles. The highest BCUT2D eigenvalue weighted by molar-refractivity contribution is 5.42. The fraction of sp³-hybridized carbons (Fsp3) is 0.533. The van der Waals surface area contributed by atoms with E-state index in [-0.39, 0.29) is 11.5 Å². The summed E-state index contributed by atoms with van der Waals surface area (Å²) < 4.78 is 4.15. The zero-order chi connectivity index (χ0) is 13.8. The topological polar surface area (TPSA) is 48.8 Å². The van der Waals surface area contributed by atoms with Gasteiger partial charge in [-0.05, 0) is 36.8 Å². The van der Waals surface area contributed by atoms with Gasteiger partial charge >= 0.3 is 0 Å². The number of nitrogens with two attached hydrogens (primary N) is 1. The minimum absolute atomic E-state index is 0.148. The third-order valence-corrected chi connectivity index (χ3v) is 4.09. The zero-order valence-electron chi connectivity index (χ0n) is 12.1. The smallest absolute Gasteiger partial charge is 0.0837 e. The molecule has 4 heteroatoms. The van der Waals surface area contributed by atoms with E-state index in [0.29, 0.717) is 0 Å². The van der Waals surface area contributed by atoms with Gasteiger partial charge in [0.05, 0.1) is 11.9 Å². The van der Waals surface area contributed by atoms with Crippen LogP contribution >= 0.6 is 0 Å². The minimum Gasteiger partial charge on any atom is -0.324 e. The Morgan fingerprint density at radius 2 is 2.16 bits per heavy atom. The van der Waals surface area contributed by atoms with Crippen LogP contribution in [0.15, 0.2) is 18.5 Å². The van der Waals surface area contributed by atoms with E-state index in [9.17, 15) is 0 Å². The highest BCUT2D eigenvalue weighted by Crippen LogP contribution is 2.41. The second-order valence-corrected chi connectivity index (χ2v) is 6.55. The van der Waals surface area contributed by atoms with E-state index in [0.717, 1.165) is 18.5 Å². The van der Waals surface area contributed by atoms with Crippen molar-refractivity contribution in [1.29, 1.82) is 0 Å². The first-order chi connectivity index (χ1) is 8.87. The van der Waals surface area contributed by atoms with Gasteiger partial charge < -0.3 is 10.3 Å². The Balaban J connectivity index is 2.17. The van der Waals surface area contributed by atoms with Crippen molar-refractivity contribution < 1.29 is 0 Å². The molecule has 2 N–H and O–H groups in total. The summed E-state index contributed by atoms with van der Waals surface area (Å²) in [4.78, 5) is 0. The summed E-state index contributed by atoms with van der Waals surface area (Å²) in [6, 6.07) is 2.39. The lowest BCUT2D eigenvalue weighted by Crippen LogP contribution is -2.30. The van der Waals surface area contributed by atoms with Crippen molar-refractivity contribution in [2.75, 3.05) is 0 Å². The molecule has 0 saturated carbocycles. The predicted molar refractivity (Wildman–Crippen MR) is 76.3 cm³/mol. The van der Waals surface area contributed by atoms with Crippen molar-refractivity contribution in [2.45, 2.75) is 39.7 Å². The first kappa shape index (κ1) is 12.5. The van der Waals surface area contributed by atoms with Crippen LogP contribution in [0.25, 0.3) is 5.69 Å². The average Bonchev–Trinajstić information content (AvgIpc) is 2.81. The summed E-state index contributed by atoms with van der Waals surface area (Å²) in [5.74, 6) is 0. The molecule has 0 bridgehead atoms. The van der Waals surface area contributed by atoms with E-state index >= 15 is 0 Å². The number of aryl methyl sites for hydroxylation is 2. The number of hydrogen-bond acceptors (Lipinski definition) is 2. The summed E-state index contributed by atoms with van der Waals surface area (Å²) in [6.07, 6.45) is 6.09. The van der Waals surface area contributed by atoms with Gasteiger partial charge in [-0.1, -0.05) is 13.8 Å². The molecule has 0 fully saturated rings. The van der Waals surface area contributed by atoms with Gasteiger partial charge in [-0.15, -0.1) is 0 Å². The zero-order valence-corrected chi connectivity index (χ0v) is 12.1. The number of aromatic nitrogens is 3. The normalized spacial score (nSPS) is 21.4. The third kappa shape index (κ3) is 2.00. The maximum atomic E-state index is 6.35. The SMILES string of the molecule is Cc1cc2c(n1-c1cnn(C)c1)CC(C)(C)CC2N. The molecule has 3 rings (SSSR count). The highest BCUT2D eigenvalue weighted by Gasteiger charge is 2.33. The van der Waals surface area contributed by atoms with Gasteiger partial charge in [0.15, 0.2) is 0 Å². The quantitative estimate of drug-likeness (QED) is 0.854. The van der Waals surface area contributed by atoms with E-state index in [4.69, 9.17) is 5.73 Å². The fourth-order valence-corrected chi connectivity index (χ4v) is 3.33. The molecule has 4 nitrogen and oxygen atoms in total. The fourth-order valence-electron chi connectivity index (χ4n) is 3.33. The Hall–Kier alpha value is -1.55. The molecule has 0 spiro atoms. The molecule has 102 valence electrons. The Bertz CT molecular complexity index is 618. The van der Waals surface area contributed by atoms with Crippen molar-refractivity contribution in [2.24, 2.45) is 18.2 Å². The number of rotatable bonds is 1. The van der Waals surface area contributed by atoms with Crippen LogP contribution in [0.3, 0.4) is 0 Å². The third-order valence-electron chi connectivity index (χ3n) is 4.09. The second kappa shape index (κ2) is 3.97.